The van der Waals surface area contributed by atoms with Gasteiger partial charge in [-0.05, 0) is 17.7 Å². The van der Waals surface area contributed by atoms with Gasteiger partial charge in [-0.2, -0.15) is 8.78 Å². The van der Waals surface area contributed by atoms with Gasteiger partial charge in [-0.15, -0.1) is 0 Å². The van der Waals surface area contributed by atoms with Gasteiger partial charge in [0, 0.05) is 11.3 Å². The van der Waals surface area contributed by atoms with E-state index in [9.17, 15) is 13.6 Å². The Morgan fingerprint density at radius 3 is 2.85 bits per heavy atom. The van der Waals surface area contributed by atoms with E-state index in [2.05, 4.69) is 0 Å². The minimum atomic E-state index is -2.41. The Kier molecular flexibility index (Phi) is 3.89. The SMILES string of the molecule is O=CCc1cccc(SC(F)F)c1. The van der Waals surface area contributed by atoms with Crippen LogP contribution in [0.1, 0.15) is 5.56 Å². The largest absolute Gasteiger partial charge is 0.303 e. The molecule has 0 unspecified atom stereocenters. The van der Waals surface area contributed by atoms with Crippen LogP contribution in [0, 0.1) is 0 Å². The van der Waals surface area contributed by atoms with Crippen LogP contribution in [-0.2, 0) is 11.2 Å². The summed E-state index contributed by atoms with van der Waals surface area (Å²) in [5.74, 6) is -2.41. The van der Waals surface area contributed by atoms with Crippen molar-refractivity contribution in [3.8, 4) is 0 Å². The maximum absolute atomic E-state index is 11.9. The highest BCUT2D eigenvalue weighted by molar-refractivity contribution is 7.99. The van der Waals surface area contributed by atoms with Crippen molar-refractivity contribution < 1.29 is 13.6 Å². The van der Waals surface area contributed by atoms with Crippen molar-refractivity contribution in [2.24, 2.45) is 0 Å². The van der Waals surface area contributed by atoms with Gasteiger partial charge in [-0.25, -0.2) is 0 Å². The van der Waals surface area contributed by atoms with Crippen LogP contribution >= 0.6 is 11.8 Å². The van der Waals surface area contributed by atoms with Gasteiger partial charge in [0.1, 0.15) is 6.29 Å². The lowest BCUT2D eigenvalue weighted by Crippen LogP contribution is -1.87. The van der Waals surface area contributed by atoms with Crippen molar-refractivity contribution in [3.05, 3.63) is 29.8 Å². The molecule has 0 saturated carbocycles. The Labute approximate surface area is 79.1 Å². The first-order valence-electron chi connectivity index (χ1n) is 3.70. The third-order valence-electron chi connectivity index (χ3n) is 1.44. The van der Waals surface area contributed by atoms with Gasteiger partial charge in [-0.1, -0.05) is 23.9 Å². The highest BCUT2D eigenvalue weighted by Crippen LogP contribution is 2.25. The minimum Gasteiger partial charge on any atom is -0.303 e. The van der Waals surface area contributed by atoms with Crippen LogP contribution in [0.4, 0.5) is 8.78 Å². The monoisotopic (exact) mass is 202 g/mol. The molecule has 1 aromatic rings. The third kappa shape index (κ3) is 3.55. The lowest BCUT2D eigenvalue weighted by molar-refractivity contribution is -0.107. The molecule has 0 radical (unpaired) electrons. The predicted molar refractivity (Wildman–Crippen MR) is 48.1 cm³/mol. The van der Waals surface area contributed by atoms with Crippen molar-refractivity contribution in [1.29, 1.82) is 0 Å². The Bertz CT molecular complexity index is 289. The maximum Gasteiger partial charge on any atom is 0.288 e. The molecular formula is C9H8F2OS. The molecule has 1 rings (SSSR count). The van der Waals surface area contributed by atoms with E-state index in [1.54, 1.807) is 24.3 Å². The number of halogens is 2. The smallest absolute Gasteiger partial charge is 0.288 e. The molecule has 13 heavy (non-hydrogen) atoms. The molecule has 70 valence electrons. The molecule has 0 heterocycles. The van der Waals surface area contributed by atoms with E-state index in [0.29, 0.717) is 16.7 Å². The van der Waals surface area contributed by atoms with Gasteiger partial charge in [-0.3, -0.25) is 0 Å². The number of carbonyl (C=O) groups is 1. The molecule has 0 amide bonds. The summed E-state index contributed by atoms with van der Waals surface area (Å²) in [6.07, 6.45) is 1.03. The van der Waals surface area contributed by atoms with Crippen molar-refractivity contribution in [3.63, 3.8) is 0 Å². The summed E-state index contributed by atoms with van der Waals surface area (Å²) in [7, 11) is 0. The van der Waals surface area contributed by atoms with E-state index < -0.39 is 5.76 Å². The number of hydrogen-bond acceptors (Lipinski definition) is 2. The lowest BCUT2D eigenvalue weighted by atomic mass is 10.2. The van der Waals surface area contributed by atoms with E-state index in [1.807, 2.05) is 0 Å². The first kappa shape index (κ1) is 10.2. The summed E-state index contributed by atoms with van der Waals surface area (Å²) in [6, 6.07) is 6.61. The fourth-order valence-electron chi connectivity index (χ4n) is 0.945. The molecule has 0 bridgehead atoms. The Morgan fingerprint density at radius 1 is 1.46 bits per heavy atom. The second kappa shape index (κ2) is 4.97. The van der Waals surface area contributed by atoms with Gasteiger partial charge < -0.3 is 4.79 Å². The third-order valence-corrected chi connectivity index (χ3v) is 2.15. The van der Waals surface area contributed by atoms with Crippen LogP contribution in [-0.4, -0.2) is 12.0 Å². The summed E-state index contributed by atoms with van der Waals surface area (Å²) in [5, 5.41) is 0. The topological polar surface area (TPSA) is 17.1 Å². The van der Waals surface area contributed by atoms with Crippen molar-refractivity contribution in [1.82, 2.24) is 0 Å². The first-order chi connectivity index (χ1) is 6.22. The van der Waals surface area contributed by atoms with Crippen LogP contribution < -0.4 is 0 Å². The molecule has 1 nitrogen and oxygen atoms in total. The summed E-state index contributed by atoms with van der Waals surface area (Å²) in [5.41, 5.74) is 0.764. The zero-order valence-corrected chi connectivity index (χ0v) is 7.56. The first-order valence-corrected chi connectivity index (χ1v) is 4.57. The van der Waals surface area contributed by atoms with E-state index in [0.717, 1.165) is 11.8 Å². The average Bonchev–Trinajstić information content (AvgIpc) is 2.04. The second-order valence-corrected chi connectivity index (χ2v) is 3.46. The second-order valence-electron chi connectivity index (χ2n) is 2.40. The van der Waals surface area contributed by atoms with Crippen LogP contribution in [0.15, 0.2) is 29.2 Å². The van der Waals surface area contributed by atoms with Crippen LogP contribution in [0.2, 0.25) is 0 Å². The molecule has 1 aromatic carbocycles. The molecule has 0 aliphatic heterocycles. The van der Waals surface area contributed by atoms with Gasteiger partial charge in [0.25, 0.3) is 5.76 Å². The van der Waals surface area contributed by atoms with Gasteiger partial charge in [0.2, 0.25) is 0 Å². The molecule has 0 N–H and O–H groups in total. The van der Waals surface area contributed by atoms with Gasteiger partial charge in [0.15, 0.2) is 0 Å². The maximum atomic E-state index is 11.9. The van der Waals surface area contributed by atoms with Crippen LogP contribution in [0.25, 0.3) is 0 Å². The number of carbonyl (C=O) groups excluding carboxylic acids is 1. The molecule has 0 fully saturated rings. The average molecular weight is 202 g/mol. The predicted octanol–water partition coefficient (Wildman–Crippen LogP) is 2.74. The van der Waals surface area contributed by atoms with Gasteiger partial charge in [0.05, 0.1) is 0 Å². The zero-order valence-electron chi connectivity index (χ0n) is 6.74. The van der Waals surface area contributed by atoms with E-state index in [1.165, 1.54) is 0 Å². The fraction of sp³-hybridized carbons (Fsp3) is 0.222. The summed E-state index contributed by atoms with van der Waals surface area (Å²) >= 11 is 0.489. The highest BCUT2D eigenvalue weighted by atomic mass is 32.2. The van der Waals surface area contributed by atoms with E-state index >= 15 is 0 Å². The molecule has 0 spiro atoms. The number of rotatable bonds is 4. The molecule has 0 saturated heterocycles. The molecule has 0 aliphatic carbocycles. The summed E-state index contributed by atoms with van der Waals surface area (Å²) in [4.78, 5) is 10.6. The molecule has 4 heteroatoms. The Balaban J connectivity index is 2.72. The van der Waals surface area contributed by atoms with E-state index in [-0.39, 0.29) is 6.42 Å². The molecule has 0 aliphatic rings. The van der Waals surface area contributed by atoms with Crippen molar-refractivity contribution >= 4 is 18.0 Å². The Hall–Kier alpha value is -0.900. The minimum absolute atomic E-state index is 0.275. The van der Waals surface area contributed by atoms with Crippen molar-refractivity contribution in [2.75, 3.05) is 0 Å². The standard InChI is InChI=1S/C9H8F2OS/c10-9(11)13-8-3-1-2-7(6-8)4-5-12/h1-3,5-6,9H,4H2. The lowest BCUT2D eigenvalue weighted by Gasteiger charge is -2.01. The quantitative estimate of drug-likeness (QED) is 0.551. The molecule has 0 aromatic heterocycles. The van der Waals surface area contributed by atoms with Crippen LogP contribution in [0.3, 0.4) is 0 Å². The molecular weight excluding hydrogens is 194 g/mol. The Morgan fingerprint density at radius 2 is 2.23 bits per heavy atom. The number of alkyl halides is 2. The molecule has 0 atom stereocenters. The summed E-state index contributed by atoms with van der Waals surface area (Å²) in [6.45, 7) is 0. The summed E-state index contributed by atoms with van der Waals surface area (Å²) < 4.78 is 23.9. The van der Waals surface area contributed by atoms with Crippen molar-refractivity contribution in [2.45, 2.75) is 17.1 Å². The normalized spacial score (nSPS) is 10.4. The fourth-order valence-corrected chi connectivity index (χ4v) is 1.53. The highest BCUT2D eigenvalue weighted by Gasteiger charge is 2.04. The number of thioether (sulfide) groups is 1. The number of aldehydes is 1. The van der Waals surface area contributed by atoms with Crippen LogP contribution in [0.5, 0.6) is 0 Å². The van der Waals surface area contributed by atoms with Gasteiger partial charge >= 0.3 is 0 Å². The number of benzene rings is 1. The number of hydrogen-bond donors (Lipinski definition) is 0. The van der Waals surface area contributed by atoms with E-state index in [4.69, 9.17) is 0 Å². The zero-order chi connectivity index (χ0) is 9.68.